The van der Waals surface area contributed by atoms with Crippen molar-refractivity contribution in [2.45, 2.75) is 32.4 Å². The Kier molecular flexibility index (Phi) is 3.22. The zero-order chi connectivity index (χ0) is 7.33. The Morgan fingerprint density at radius 2 is 2.11 bits per heavy atom. The molecule has 0 heterocycles. The van der Waals surface area contributed by atoms with Gasteiger partial charge in [0.15, 0.2) is 0 Å². The molecule has 0 rings (SSSR count). The number of hydrogen-bond acceptors (Lipinski definition) is 0. The second kappa shape index (κ2) is 3.45. The largest absolute Gasteiger partial charge is 0.317 e. The molecule has 0 saturated heterocycles. The van der Waals surface area contributed by atoms with Crippen molar-refractivity contribution < 1.29 is 4.39 Å². The maximum Gasteiger partial charge on any atom is 0.214 e. The first-order valence-electron chi connectivity index (χ1n) is 3.08. The lowest BCUT2D eigenvalue weighted by atomic mass is 10.1. The van der Waals surface area contributed by atoms with Crippen LogP contribution in [0.15, 0.2) is 0 Å². The van der Waals surface area contributed by atoms with E-state index in [-0.39, 0.29) is 0 Å². The smallest absolute Gasteiger partial charge is 0.214 e. The Morgan fingerprint density at radius 1 is 1.56 bits per heavy atom. The van der Waals surface area contributed by atoms with Crippen LogP contribution < -0.4 is 0 Å². The molecule has 0 unspecified atom stereocenters. The van der Waals surface area contributed by atoms with Crippen molar-refractivity contribution in [2.24, 2.45) is 0 Å². The predicted octanol–water partition coefficient (Wildman–Crippen LogP) is 2.43. The zero-order valence-electron chi connectivity index (χ0n) is 5.95. The minimum atomic E-state index is -1.09. The number of nitrogens with zero attached hydrogens (tertiary/aromatic N) is 1. The third kappa shape index (κ3) is 7.42. The van der Waals surface area contributed by atoms with Gasteiger partial charge >= 0.3 is 0 Å². The topological polar surface area (TPSA) is 4.36 Å². The Bertz CT molecular complexity index is 107. The van der Waals surface area contributed by atoms with Crippen molar-refractivity contribution in [3.8, 4) is 0 Å². The molecule has 0 radical (unpaired) electrons. The van der Waals surface area contributed by atoms with E-state index in [1.807, 2.05) is 0 Å². The molecule has 0 spiro atoms. The number of hydrogen-bond donors (Lipinski definition) is 0. The maximum absolute atomic E-state index is 12.6. The summed E-state index contributed by atoms with van der Waals surface area (Å²) in [5.41, 5.74) is -1.09. The second-order valence-electron chi connectivity index (χ2n) is 2.70. The molecular weight excluding hydrogens is 117 g/mol. The average molecular weight is 129 g/mol. The van der Waals surface area contributed by atoms with Gasteiger partial charge in [0.25, 0.3) is 0 Å². The molecule has 0 aromatic heterocycles. The van der Waals surface area contributed by atoms with Gasteiger partial charge in [-0.25, -0.2) is 11.0 Å². The highest BCUT2D eigenvalue weighted by Crippen LogP contribution is 2.15. The fourth-order valence-corrected chi connectivity index (χ4v) is 0.578. The van der Waals surface area contributed by atoms with Gasteiger partial charge in [0, 0.05) is 6.42 Å². The third-order valence-electron chi connectivity index (χ3n) is 1.04. The summed E-state index contributed by atoms with van der Waals surface area (Å²) in [7, 11) is 0. The lowest BCUT2D eigenvalue weighted by Crippen LogP contribution is -2.11. The number of alkyl halides is 1. The highest BCUT2D eigenvalue weighted by atomic mass is 19.1. The fourth-order valence-electron chi connectivity index (χ4n) is 0.578. The molecule has 2 heteroatoms. The van der Waals surface area contributed by atoms with Crippen LogP contribution in [0.3, 0.4) is 0 Å². The molecule has 1 nitrogen and oxygen atoms in total. The van der Waals surface area contributed by atoms with Gasteiger partial charge in [-0.3, -0.25) is 0 Å². The quantitative estimate of drug-likeness (QED) is 0.407. The molecule has 0 N–H and O–H groups in total. The van der Waals surface area contributed by atoms with Crippen LogP contribution in [0, 0.1) is 6.57 Å². The standard InChI is InChI=1S/C7H12FN/c1-7(2,8)5-4-6-9-3/h4-6H2,1-2H3. The zero-order valence-corrected chi connectivity index (χ0v) is 5.95. The summed E-state index contributed by atoms with van der Waals surface area (Å²) < 4.78 is 12.6. The Morgan fingerprint density at radius 3 is 2.44 bits per heavy atom. The number of rotatable bonds is 3. The Labute approximate surface area is 55.7 Å². The molecule has 0 aliphatic rings. The molecule has 0 aromatic rings. The molecule has 0 saturated carbocycles. The summed E-state index contributed by atoms with van der Waals surface area (Å²) in [6.07, 6.45) is 1.17. The Balaban J connectivity index is 3.20. The second-order valence-corrected chi connectivity index (χ2v) is 2.70. The van der Waals surface area contributed by atoms with Gasteiger partial charge in [-0.1, -0.05) is 0 Å². The van der Waals surface area contributed by atoms with Crippen molar-refractivity contribution in [3.63, 3.8) is 0 Å². The van der Waals surface area contributed by atoms with Crippen molar-refractivity contribution in [2.75, 3.05) is 6.54 Å². The van der Waals surface area contributed by atoms with Gasteiger partial charge in [-0.15, -0.1) is 0 Å². The average Bonchev–Trinajstić information content (AvgIpc) is 1.63. The molecule has 0 amide bonds. The number of halogens is 1. The summed E-state index contributed by atoms with van der Waals surface area (Å²) >= 11 is 0. The lowest BCUT2D eigenvalue weighted by Gasteiger charge is -2.10. The summed E-state index contributed by atoms with van der Waals surface area (Å²) in [6, 6.07) is 0. The normalized spacial score (nSPS) is 10.9. The van der Waals surface area contributed by atoms with Crippen LogP contribution in [-0.2, 0) is 0 Å². The van der Waals surface area contributed by atoms with E-state index in [2.05, 4.69) is 4.85 Å². The molecule has 0 bridgehead atoms. The van der Waals surface area contributed by atoms with Crippen LogP contribution in [0.5, 0.6) is 0 Å². The third-order valence-corrected chi connectivity index (χ3v) is 1.04. The highest BCUT2D eigenvalue weighted by Gasteiger charge is 2.14. The summed E-state index contributed by atoms with van der Waals surface area (Å²) in [5, 5.41) is 0. The first kappa shape index (κ1) is 8.42. The van der Waals surface area contributed by atoms with Crippen LogP contribution in [0.4, 0.5) is 4.39 Å². The lowest BCUT2D eigenvalue weighted by molar-refractivity contribution is 0.199. The molecule has 0 aromatic carbocycles. The molecular formula is C7H12FN. The van der Waals surface area contributed by atoms with Crippen LogP contribution >= 0.6 is 0 Å². The molecule has 0 fully saturated rings. The van der Waals surface area contributed by atoms with E-state index in [9.17, 15) is 4.39 Å². The van der Waals surface area contributed by atoms with Crippen LogP contribution in [0.2, 0.25) is 0 Å². The van der Waals surface area contributed by atoms with Crippen molar-refractivity contribution in [1.82, 2.24) is 0 Å². The van der Waals surface area contributed by atoms with E-state index in [0.29, 0.717) is 19.4 Å². The SMILES string of the molecule is [C-]#[N+]CCCC(C)(C)F. The molecule has 0 aliphatic carbocycles. The minimum Gasteiger partial charge on any atom is -0.317 e. The molecule has 0 aliphatic heterocycles. The first-order valence-corrected chi connectivity index (χ1v) is 3.08. The summed E-state index contributed by atoms with van der Waals surface area (Å²) in [5.74, 6) is 0. The minimum absolute atomic E-state index is 0.452. The predicted molar refractivity (Wildman–Crippen MR) is 35.9 cm³/mol. The van der Waals surface area contributed by atoms with E-state index in [1.54, 1.807) is 0 Å². The van der Waals surface area contributed by atoms with Crippen molar-refractivity contribution in [3.05, 3.63) is 11.4 Å². The van der Waals surface area contributed by atoms with Crippen molar-refractivity contribution in [1.29, 1.82) is 0 Å². The van der Waals surface area contributed by atoms with E-state index in [1.165, 1.54) is 13.8 Å². The monoisotopic (exact) mass is 129 g/mol. The van der Waals surface area contributed by atoms with Gasteiger partial charge < -0.3 is 4.85 Å². The maximum atomic E-state index is 12.6. The van der Waals surface area contributed by atoms with Gasteiger partial charge in [-0.05, 0) is 20.3 Å². The summed E-state index contributed by atoms with van der Waals surface area (Å²) in [6.45, 7) is 9.94. The van der Waals surface area contributed by atoms with E-state index in [4.69, 9.17) is 6.57 Å². The molecule has 0 atom stereocenters. The van der Waals surface area contributed by atoms with Gasteiger partial charge in [-0.2, -0.15) is 0 Å². The van der Waals surface area contributed by atoms with Gasteiger partial charge in [0.1, 0.15) is 5.67 Å². The van der Waals surface area contributed by atoms with E-state index in [0.717, 1.165) is 0 Å². The van der Waals surface area contributed by atoms with Gasteiger partial charge in [0.2, 0.25) is 6.54 Å². The van der Waals surface area contributed by atoms with Crippen LogP contribution in [-0.4, -0.2) is 12.2 Å². The van der Waals surface area contributed by atoms with Gasteiger partial charge in [0.05, 0.1) is 0 Å². The van der Waals surface area contributed by atoms with Crippen LogP contribution in [0.1, 0.15) is 26.7 Å². The summed E-state index contributed by atoms with van der Waals surface area (Å²) in [4.78, 5) is 3.12. The first-order chi connectivity index (χ1) is 4.06. The fraction of sp³-hybridized carbons (Fsp3) is 0.857. The molecule has 9 heavy (non-hydrogen) atoms. The van der Waals surface area contributed by atoms with E-state index < -0.39 is 5.67 Å². The van der Waals surface area contributed by atoms with E-state index >= 15 is 0 Å². The Hall–Kier alpha value is -0.580. The van der Waals surface area contributed by atoms with Crippen LogP contribution in [0.25, 0.3) is 4.85 Å². The highest BCUT2D eigenvalue weighted by molar-refractivity contribution is 4.68. The molecule has 52 valence electrons. The van der Waals surface area contributed by atoms with Crippen molar-refractivity contribution >= 4 is 0 Å².